The molecule has 0 spiro atoms. The lowest BCUT2D eigenvalue weighted by molar-refractivity contribution is -0.0744. The molecule has 0 radical (unpaired) electrons. The van der Waals surface area contributed by atoms with E-state index in [1.54, 1.807) is 13.3 Å². The van der Waals surface area contributed by atoms with Crippen molar-refractivity contribution in [1.82, 2.24) is 10.3 Å². The molecule has 4 nitrogen and oxygen atoms in total. The summed E-state index contributed by atoms with van der Waals surface area (Å²) >= 11 is 6.08. The van der Waals surface area contributed by atoms with Crippen molar-refractivity contribution in [2.24, 2.45) is 5.92 Å². The van der Waals surface area contributed by atoms with E-state index < -0.39 is 0 Å². The highest BCUT2D eigenvalue weighted by molar-refractivity contribution is 6.30. The first-order valence-electron chi connectivity index (χ1n) is 7.15. The number of nitrogens with zero attached hydrogens (tertiary/aromatic N) is 1. The zero-order chi connectivity index (χ0) is 14.8. The Balaban J connectivity index is 2.36. The Kier molecular flexibility index (Phi) is 4.89. The molecule has 1 heterocycles. The average Bonchev–Trinajstić information content (AvgIpc) is 2.45. The summed E-state index contributed by atoms with van der Waals surface area (Å²) in [5, 5.41) is 3.96. The Morgan fingerprint density at radius 2 is 2.15 bits per heavy atom. The van der Waals surface area contributed by atoms with Gasteiger partial charge in [0.1, 0.15) is 5.82 Å². The van der Waals surface area contributed by atoms with Gasteiger partial charge in [-0.2, -0.15) is 0 Å². The molecule has 1 unspecified atom stereocenters. The number of halogens is 1. The van der Waals surface area contributed by atoms with Crippen molar-refractivity contribution in [3.63, 3.8) is 0 Å². The minimum absolute atomic E-state index is 0.00574. The standard InChI is InChI=1S/C15H24ClN3O/c1-10-4-6-15(20-3,7-5-10)13(18-2)12-8-11(16)9-19-14(12)17/h8-10,13,18H,4-7H2,1-3H3,(H2,17,19). The molecule has 1 fully saturated rings. The second-order valence-electron chi connectivity index (χ2n) is 5.80. The normalized spacial score (nSPS) is 28.3. The summed E-state index contributed by atoms with van der Waals surface area (Å²) < 4.78 is 5.94. The van der Waals surface area contributed by atoms with E-state index in [-0.39, 0.29) is 11.6 Å². The lowest BCUT2D eigenvalue weighted by atomic mass is 9.73. The van der Waals surface area contributed by atoms with Crippen LogP contribution in [-0.2, 0) is 4.74 Å². The van der Waals surface area contributed by atoms with Gasteiger partial charge in [-0.3, -0.25) is 0 Å². The lowest BCUT2D eigenvalue weighted by Gasteiger charge is -2.44. The number of rotatable bonds is 4. The number of nitrogens with one attached hydrogen (secondary N) is 1. The minimum atomic E-state index is -0.234. The average molecular weight is 298 g/mol. The van der Waals surface area contributed by atoms with Gasteiger partial charge in [0.05, 0.1) is 16.7 Å². The van der Waals surface area contributed by atoms with Crippen LogP contribution >= 0.6 is 11.6 Å². The molecule has 2 rings (SSSR count). The van der Waals surface area contributed by atoms with Crippen LogP contribution in [0.5, 0.6) is 0 Å². The van der Waals surface area contributed by atoms with Gasteiger partial charge < -0.3 is 15.8 Å². The van der Waals surface area contributed by atoms with Crippen LogP contribution in [0, 0.1) is 5.92 Å². The molecule has 1 saturated carbocycles. The fraction of sp³-hybridized carbons (Fsp3) is 0.667. The van der Waals surface area contributed by atoms with Crippen LogP contribution in [0.4, 0.5) is 5.82 Å². The number of nitrogens with two attached hydrogens (primary N) is 1. The van der Waals surface area contributed by atoms with Gasteiger partial charge in [0.2, 0.25) is 0 Å². The zero-order valence-corrected chi connectivity index (χ0v) is 13.2. The molecule has 3 N–H and O–H groups in total. The largest absolute Gasteiger partial charge is 0.383 e. The van der Waals surface area contributed by atoms with E-state index in [2.05, 4.69) is 17.2 Å². The van der Waals surface area contributed by atoms with E-state index >= 15 is 0 Å². The maximum absolute atomic E-state index is 6.08. The van der Waals surface area contributed by atoms with Crippen LogP contribution in [-0.4, -0.2) is 24.7 Å². The number of anilines is 1. The number of methoxy groups -OCH3 is 1. The summed E-state index contributed by atoms with van der Waals surface area (Å²) in [7, 11) is 3.72. The molecule has 1 aliphatic carbocycles. The van der Waals surface area contributed by atoms with E-state index in [1.807, 2.05) is 13.1 Å². The monoisotopic (exact) mass is 297 g/mol. The van der Waals surface area contributed by atoms with Gasteiger partial charge in [-0.05, 0) is 44.7 Å². The Morgan fingerprint density at radius 3 is 2.70 bits per heavy atom. The molecular weight excluding hydrogens is 274 g/mol. The third-order valence-corrected chi connectivity index (χ3v) is 4.78. The molecule has 1 atom stereocenters. The Labute approximate surface area is 126 Å². The zero-order valence-electron chi connectivity index (χ0n) is 12.4. The second kappa shape index (κ2) is 6.29. The van der Waals surface area contributed by atoms with Crippen LogP contribution in [0.3, 0.4) is 0 Å². The van der Waals surface area contributed by atoms with Gasteiger partial charge in [-0.1, -0.05) is 18.5 Å². The fourth-order valence-electron chi connectivity index (χ4n) is 3.26. The molecular formula is C15H24ClN3O. The van der Waals surface area contributed by atoms with E-state index in [0.717, 1.165) is 24.3 Å². The molecule has 20 heavy (non-hydrogen) atoms. The highest BCUT2D eigenvalue weighted by atomic mass is 35.5. The molecule has 112 valence electrons. The molecule has 0 aliphatic heterocycles. The molecule has 1 aliphatic rings. The first kappa shape index (κ1) is 15.5. The fourth-order valence-corrected chi connectivity index (χ4v) is 3.43. The number of nitrogen functional groups attached to an aromatic ring is 1. The minimum Gasteiger partial charge on any atom is -0.383 e. The highest BCUT2D eigenvalue weighted by Gasteiger charge is 2.42. The maximum atomic E-state index is 6.08. The van der Waals surface area contributed by atoms with Gasteiger partial charge in [-0.15, -0.1) is 0 Å². The van der Waals surface area contributed by atoms with Gasteiger partial charge in [-0.25, -0.2) is 4.98 Å². The topological polar surface area (TPSA) is 60.2 Å². The SMILES string of the molecule is CNC(c1cc(Cl)cnc1N)C1(OC)CCC(C)CC1. The lowest BCUT2D eigenvalue weighted by Crippen LogP contribution is -2.47. The van der Waals surface area contributed by atoms with Crippen molar-refractivity contribution in [2.45, 2.75) is 44.2 Å². The van der Waals surface area contributed by atoms with Crippen LogP contribution in [0.2, 0.25) is 5.02 Å². The first-order valence-corrected chi connectivity index (χ1v) is 7.53. The van der Waals surface area contributed by atoms with E-state index in [9.17, 15) is 0 Å². The summed E-state index contributed by atoms with van der Waals surface area (Å²) in [6.07, 6.45) is 5.94. The van der Waals surface area contributed by atoms with Gasteiger partial charge >= 0.3 is 0 Å². The smallest absolute Gasteiger partial charge is 0.128 e. The number of likely N-dealkylation sites (N-methyl/N-ethyl adjacent to an activating group) is 1. The summed E-state index contributed by atoms with van der Waals surface area (Å²) in [6.45, 7) is 2.29. The second-order valence-corrected chi connectivity index (χ2v) is 6.24. The third-order valence-electron chi connectivity index (χ3n) is 4.57. The van der Waals surface area contributed by atoms with Crippen molar-refractivity contribution < 1.29 is 4.74 Å². The predicted molar refractivity (Wildman–Crippen MR) is 82.8 cm³/mol. The number of ether oxygens (including phenoxy) is 1. The van der Waals surface area contributed by atoms with Gasteiger partial charge in [0.15, 0.2) is 0 Å². The molecule has 1 aromatic heterocycles. The number of aromatic nitrogens is 1. The molecule has 1 aromatic rings. The molecule has 0 aromatic carbocycles. The summed E-state index contributed by atoms with van der Waals surface area (Å²) in [4.78, 5) is 4.17. The first-order chi connectivity index (χ1) is 9.52. The highest BCUT2D eigenvalue weighted by Crippen LogP contribution is 2.44. The van der Waals surface area contributed by atoms with Crippen molar-refractivity contribution in [2.75, 3.05) is 19.9 Å². The van der Waals surface area contributed by atoms with Crippen LogP contribution < -0.4 is 11.1 Å². The van der Waals surface area contributed by atoms with Crippen molar-refractivity contribution in [3.05, 3.63) is 22.8 Å². The van der Waals surface area contributed by atoms with Gasteiger partial charge in [0.25, 0.3) is 0 Å². The summed E-state index contributed by atoms with van der Waals surface area (Å²) in [6, 6.07) is 1.90. The van der Waals surface area contributed by atoms with E-state index in [4.69, 9.17) is 22.1 Å². The number of hydrogen-bond acceptors (Lipinski definition) is 4. The molecule has 0 saturated heterocycles. The van der Waals surface area contributed by atoms with Crippen LogP contribution in [0.15, 0.2) is 12.3 Å². The van der Waals surface area contributed by atoms with Crippen molar-refractivity contribution >= 4 is 17.4 Å². The third kappa shape index (κ3) is 2.92. The Morgan fingerprint density at radius 1 is 1.50 bits per heavy atom. The van der Waals surface area contributed by atoms with Crippen LogP contribution in [0.1, 0.15) is 44.2 Å². The molecule has 0 amide bonds. The molecule has 5 heteroatoms. The number of pyridine rings is 1. The summed E-state index contributed by atoms with van der Waals surface area (Å²) in [5.74, 6) is 1.27. The quantitative estimate of drug-likeness (QED) is 0.896. The Bertz CT molecular complexity index is 458. The maximum Gasteiger partial charge on any atom is 0.128 e. The van der Waals surface area contributed by atoms with Gasteiger partial charge in [0, 0.05) is 18.9 Å². The van der Waals surface area contributed by atoms with Crippen molar-refractivity contribution in [3.8, 4) is 0 Å². The van der Waals surface area contributed by atoms with E-state index in [0.29, 0.717) is 10.8 Å². The Hall–Kier alpha value is -0.840. The number of hydrogen-bond donors (Lipinski definition) is 2. The summed E-state index contributed by atoms with van der Waals surface area (Å²) in [5.41, 5.74) is 6.74. The van der Waals surface area contributed by atoms with Crippen LogP contribution in [0.25, 0.3) is 0 Å². The van der Waals surface area contributed by atoms with E-state index in [1.165, 1.54) is 12.8 Å². The molecule has 0 bridgehead atoms. The van der Waals surface area contributed by atoms with Crippen molar-refractivity contribution in [1.29, 1.82) is 0 Å². The predicted octanol–water partition coefficient (Wildman–Crippen LogP) is 3.17.